The molecule has 1 aliphatic carbocycles. The number of nitrogens with zero attached hydrogens (tertiary/aromatic N) is 1. The predicted octanol–water partition coefficient (Wildman–Crippen LogP) is 2.52. The normalized spacial score (nSPS) is 31.7. The third-order valence-corrected chi connectivity index (χ3v) is 4.88. The van der Waals surface area contributed by atoms with Crippen LogP contribution in [0.3, 0.4) is 0 Å². The Morgan fingerprint density at radius 1 is 1.11 bits per heavy atom. The summed E-state index contributed by atoms with van der Waals surface area (Å²) in [5.74, 6) is 0.733. The summed E-state index contributed by atoms with van der Waals surface area (Å²) in [7, 11) is 0. The van der Waals surface area contributed by atoms with Crippen LogP contribution in [0, 0.1) is 17.8 Å². The summed E-state index contributed by atoms with van der Waals surface area (Å²) in [6, 6.07) is -0.574. The minimum atomic E-state index is -0.846. The fourth-order valence-corrected chi connectivity index (χ4v) is 3.55. The lowest BCUT2D eigenvalue weighted by atomic mass is 9.76. The molecule has 1 heterocycles. The van der Waals surface area contributed by atoms with Crippen LogP contribution in [0.2, 0.25) is 0 Å². The standard InChI is InChI=1S/C15H25NO3/c1-10(2)11-5-7-12(8-6-11)14(17)16-9-3-4-13(16)15(18)19/h10-13H,3-9H2,1-2H3,(H,18,19)/t11?,12?,13-/m1/s1. The highest BCUT2D eigenvalue weighted by molar-refractivity contribution is 5.85. The first-order chi connectivity index (χ1) is 9.00. The summed E-state index contributed by atoms with van der Waals surface area (Å²) in [6.07, 6.45) is 5.53. The van der Waals surface area contributed by atoms with Crippen molar-refractivity contribution in [3.05, 3.63) is 0 Å². The highest BCUT2D eigenvalue weighted by atomic mass is 16.4. The van der Waals surface area contributed by atoms with Crippen LogP contribution in [0.4, 0.5) is 0 Å². The molecule has 0 spiro atoms. The summed E-state index contributed by atoms with van der Waals surface area (Å²) in [5.41, 5.74) is 0. The minimum Gasteiger partial charge on any atom is -0.480 e. The van der Waals surface area contributed by atoms with Gasteiger partial charge in [0.05, 0.1) is 0 Å². The number of carboxylic acid groups (broad SMARTS) is 1. The Bertz CT molecular complexity index is 345. The highest BCUT2D eigenvalue weighted by Gasteiger charge is 2.38. The highest BCUT2D eigenvalue weighted by Crippen LogP contribution is 2.35. The molecule has 0 aromatic carbocycles. The molecule has 2 aliphatic rings. The zero-order valence-electron chi connectivity index (χ0n) is 12.0. The molecule has 4 nitrogen and oxygen atoms in total. The van der Waals surface area contributed by atoms with E-state index in [1.807, 2.05) is 0 Å². The molecule has 0 radical (unpaired) electrons. The predicted molar refractivity (Wildman–Crippen MR) is 72.7 cm³/mol. The second-order valence-electron chi connectivity index (χ2n) is 6.38. The molecule has 1 N–H and O–H groups in total. The van der Waals surface area contributed by atoms with Gasteiger partial charge in [0.2, 0.25) is 5.91 Å². The van der Waals surface area contributed by atoms with Crippen molar-refractivity contribution in [3.63, 3.8) is 0 Å². The van der Waals surface area contributed by atoms with E-state index in [0.717, 1.165) is 38.0 Å². The van der Waals surface area contributed by atoms with E-state index in [2.05, 4.69) is 13.8 Å². The first-order valence-electron chi connectivity index (χ1n) is 7.54. The van der Waals surface area contributed by atoms with Crippen LogP contribution in [0.1, 0.15) is 52.4 Å². The van der Waals surface area contributed by atoms with E-state index in [4.69, 9.17) is 5.11 Å². The van der Waals surface area contributed by atoms with Gasteiger partial charge in [0.25, 0.3) is 0 Å². The molecule has 1 atom stereocenters. The number of carbonyl (C=O) groups is 2. The number of hydrogen-bond acceptors (Lipinski definition) is 2. The van der Waals surface area contributed by atoms with Crippen LogP contribution in [0.15, 0.2) is 0 Å². The van der Waals surface area contributed by atoms with Gasteiger partial charge in [-0.1, -0.05) is 13.8 Å². The van der Waals surface area contributed by atoms with Gasteiger partial charge < -0.3 is 10.0 Å². The zero-order chi connectivity index (χ0) is 14.0. The second kappa shape index (κ2) is 5.93. The summed E-state index contributed by atoms with van der Waals surface area (Å²) >= 11 is 0. The number of amides is 1. The number of carbonyl (C=O) groups excluding carboxylic acids is 1. The average molecular weight is 267 g/mol. The number of likely N-dealkylation sites (tertiary alicyclic amines) is 1. The number of rotatable bonds is 3. The fraction of sp³-hybridized carbons (Fsp3) is 0.867. The summed E-state index contributed by atoms with van der Waals surface area (Å²) in [4.78, 5) is 25.2. The number of hydrogen-bond donors (Lipinski definition) is 1. The summed E-state index contributed by atoms with van der Waals surface area (Å²) in [5, 5.41) is 9.15. The van der Waals surface area contributed by atoms with Crippen LogP contribution in [0.5, 0.6) is 0 Å². The van der Waals surface area contributed by atoms with Crippen molar-refractivity contribution in [3.8, 4) is 0 Å². The van der Waals surface area contributed by atoms with E-state index in [9.17, 15) is 9.59 Å². The first-order valence-corrected chi connectivity index (χ1v) is 7.54. The van der Waals surface area contributed by atoms with Crippen LogP contribution in [0.25, 0.3) is 0 Å². The van der Waals surface area contributed by atoms with Crippen molar-refractivity contribution in [2.45, 2.75) is 58.4 Å². The smallest absolute Gasteiger partial charge is 0.326 e. The van der Waals surface area contributed by atoms with Gasteiger partial charge in [-0.15, -0.1) is 0 Å². The molecule has 1 saturated heterocycles. The minimum absolute atomic E-state index is 0.0648. The Morgan fingerprint density at radius 2 is 1.74 bits per heavy atom. The van der Waals surface area contributed by atoms with Crippen molar-refractivity contribution in [2.24, 2.45) is 17.8 Å². The van der Waals surface area contributed by atoms with Gasteiger partial charge in [0.1, 0.15) is 6.04 Å². The van der Waals surface area contributed by atoms with Gasteiger partial charge in [-0.05, 0) is 50.4 Å². The van der Waals surface area contributed by atoms with Gasteiger partial charge in [-0.2, -0.15) is 0 Å². The Morgan fingerprint density at radius 3 is 2.26 bits per heavy atom. The fourth-order valence-electron chi connectivity index (χ4n) is 3.55. The van der Waals surface area contributed by atoms with Gasteiger partial charge in [0.15, 0.2) is 0 Å². The third-order valence-electron chi connectivity index (χ3n) is 4.88. The molecule has 0 aromatic heterocycles. The molecule has 0 unspecified atom stereocenters. The van der Waals surface area contributed by atoms with Crippen LogP contribution in [-0.2, 0) is 9.59 Å². The van der Waals surface area contributed by atoms with Gasteiger partial charge in [-0.3, -0.25) is 4.79 Å². The van der Waals surface area contributed by atoms with E-state index >= 15 is 0 Å². The van der Waals surface area contributed by atoms with E-state index in [1.165, 1.54) is 0 Å². The molecular formula is C15H25NO3. The molecule has 0 bridgehead atoms. The molecule has 1 aliphatic heterocycles. The lowest BCUT2D eigenvalue weighted by molar-refractivity contribution is -0.150. The lowest BCUT2D eigenvalue weighted by Gasteiger charge is -2.33. The Kier molecular flexibility index (Phi) is 4.48. The van der Waals surface area contributed by atoms with Crippen molar-refractivity contribution in [2.75, 3.05) is 6.54 Å². The first kappa shape index (κ1) is 14.4. The molecular weight excluding hydrogens is 242 g/mol. The third kappa shape index (κ3) is 3.10. The molecule has 19 heavy (non-hydrogen) atoms. The molecule has 0 aromatic rings. The van der Waals surface area contributed by atoms with Gasteiger partial charge in [0, 0.05) is 12.5 Å². The number of aliphatic carboxylic acids is 1. The quantitative estimate of drug-likeness (QED) is 0.854. The average Bonchev–Trinajstić information content (AvgIpc) is 2.87. The molecule has 4 heteroatoms. The van der Waals surface area contributed by atoms with E-state index in [1.54, 1.807) is 4.90 Å². The molecule has 2 rings (SSSR count). The van der Waals surface area contributed by atoms with Crippen molar-refractivity contribution < 1.29 is 14.7 Å². The van der Waals surface area contributed by atoms with Gasteiger partial charge >= 0.3 is 5.97 Å². The molecule has 1 amide bonds. The maximum Gasteiger partial charge on any atom is 0.326 e. The SMILES string of the molecule is CC(C)C1CCC(C(=O)N2CCC[C@@H]2C(=O)O)CC1. The Labute approximate surface area is 115 Å². The van der Waals surface area contributed by atoms with E-state index in [-0.39, 0.29) is 11.8 Å². The topological polar surface area (TPSA) is 57.6 Å². The second-order valence-corrected chi connectivity index (χ2v) is 6.38. The Balaban J connectivity index is 1.92. The monoisotopic (exact) mass is 267 g/mol. The lowest BCUT2D eigenvalue weighted by Crippen LogP contribution is -2.44. The molecule has 108 valence electrons. The largest absolute Gasteiger partial charge is 0.480 e. The van der Waals surface area contributed by atoms with Crippen molar-refractivity contribution in [1.82, 2.24) is 4.90 Å². The summed E-state index contributed by atoms with van der Waals surface area (Å²) in [6.45, 7) is 5.11. The van der Waals surface area contributed by atoms with Crippen molar-refractivity contribution in [1.29, 1.82) is 0 Å². The van der Waals surface area contributed by atoms with E-state index in [0.29, 0.717) is 18.9 Å². The van der Waals surface area contributed by atoms with Crippen LogP contribution >= 0.6 is 0 Å². The molecule has 2 fully saturated rings. The van der Waals surface area contributed by atoms with Gasteiger partial charge in [-0.25, -0.2) is 4.79 Å². The van der Waals surface area contributed by atoms with Crippen molar-refractivity contribution >= 4 is 11.9 Å². The van der Waals surface area contributed by atoms with Crippen LogP contribution < -0.4 is 0 Å². The summed E-state index contributed by atoms with van der Waals surface area (Å²) < 4.78 is 0. The van der Waals surface area contributed by atoms with Crippen LogP contribution in [-0.4, -0.2) is 34.5 Å². The molecule has 1 saturated carbocycles. The number of carboxylic acids is 1. The van der Waals surface area contributed by atoms with E-state index < -0.39 is 12.0 Å². The maximum atomic E-state index is 12.5. The Hall–Kier alpha value is -1.06. The zero-order valence-corrected chi connectivity index (χ0v) is 12.0. The maximum absolute atomic E-state index is 12.5.